The summed E-state index contributed by atoms with van der Waals surface area (Å²) >= 11 is 0. The SMILES string of the molecule is CC(C)COc1ccccc1CN=C(N(C)C)N(C)C.I. The number of guanidine groups is 1. The second kappa shape index (κ2) is 9.87. The highest BCUT2D eigenvalue weighted by Gasteiger charge is 2.07. The fraction of sp³-hybridized carbons (Fsp3) is 0.562. The Labute approximate surface area is 146 Å². The van der Waals surface area contributed by atoms with E-state index in [0.717, 1.165) is 23.9 Å². The Morgan fingerprint density at radius 1 is 1.10 bits per heavy atom. The molecule has 120 valence electrons. The quantitative estimate of drug-likeness (QED) is 0.428. The second-order valence-electron chi connectivity index (χ2n) is 5.72. The number of ether oxygens (including phenoxy) is 1. The van der Waals surface area contributed by atoms with Gasteiger partial charge in [0.25, 0.3) is 0 Å². The van der Waals surface area contributed by atoms with E-state index < -0.39 is 0 Å². The third-order valence-corrected chi connectivity index (χ3v) is 2.74. The fourth-order valence-corrected chi connectivity index (χ4v) is 1.87. The molecule has 0 atom stereocenters. The fourth-order valence-electron chi connectivity index (χ4n) is 1.87. The minimum atomic E-state index is 0. The van der Waals surface area contributed by atoms with Gasteiger partial charge in [-0.3, -0.25) is 0 Å². The van der Waals surface area contributed by atoms with Gasteiger partial charge in [0.1, 0.15) is 5.75 Å². The Kier molecular flexibility index (Phi) is 9.41. The summed E-state index contributed by atoms with van der Waals surface area (Å²) in [6.07, 6.45) is 0. The van der Waals surface area contributed by atoms with E-state index in [9.17, 15) is 0 Å². The van der Waals surface area contributed by atoms with Crippen molar-refractivity contribution >= 4 is 29.9 Å². The zero-order valence-corrected chi connectivity index (χ0v) is 16.3. The number of aliphatic imine (C=N–C) groups is 1. The maximum absolute atomic E-state index is 5.86. The molecule has 0 N–H and O–H groups in total. The molecular weight excluding hydrogens is 377 g/mol. The molecule has 4 nitrogen and oxygen atoms in total. The van der Waals surface area contributed by atoms with Gasteiger partial charge in [0.15, 0.2) is 5.96 Å². The van der Waals surface area contributed by atoms with Crippen LogP contribution in [0.15, 0.2) is 29.3 Å². The van der Waals surface area contributed by atoms with Gasteiger partial charge in [-0.1, -0.05) is 32.0 Å². The molecule has 1 aromatic carbocycles. The van der Waals surface area contributed by atoms with E-state index >= 15 is 0 Å². The molecular formula is C16H28IN3O. The number of halogens is 1. The van der Waals surface area contributed by atoms with Crippen molar-refractivity contribution in [3.05, 3.63) is 29.8 Å². The minimum absolute atomic E-state index is 0. The lowest BCUT2D eigenvalue weighted by molar-refractivity contribution is 0.268. The van der Waals surface area contributed by atoms with Crippen molar-refractivity contribution in [1.29, 1.82) is 0 Å². The average molecular weight is 405 g/mol. The molecule has 0 amide bonds. The van der Waals surface area contributed by atoms with Gasteiger partial charge in [-0.15, -0.1) is 24.0 Å². The van der Waals surface area contributed by atoms with Gasteiger partial charge in [-0.2, -0.15) is 0 Å². The summed E-state index contributed by atoms with van der Waals surface area (Å²) in [6, 6.07) is 8.11. The topological polar surface area (TPSA) is 28.1 Å². The largest absolute Gasteiger partial charge is 0.493 e. The summed E-state index contributed by atoms with van der Waals surface area (Å²) in [5.74, 6) is 2.40. The average Bonchev–Trinajstić information content (AvgIpc) is 2.36. The van der Waals surface area contributed by atoms with Gasteiger partial charge in [0.2, 0.25) is 0 Å². The highest BCUT2D eigenvalue weighted by atomic mass is 127. The lowest BCUT2D eigenvalue weighted by atomic mass is 10.2. The number of nitrogens with zero attached hydrogens (tertiary/aromatic N) is 3. The lowest BCUT2D eigenvalue weighted by Gasteiger charge is -2.22. The van der Waals surface area contributed by atoms with E-state index in [4.69, 9.17) is 4.74 Å². The van der Waals surface area contributed by atoms with Gasteiger partial charge in [-0.25, -0.2) is 4.99 Å². The monoisotopic (exact) mass is 405 g/mol. The first-order valence-electron chi connectivity index (χ1n) is 7.01. The predicted molar refractivity (Wildman–Crippen MR) is 101 cm³/mol. The van der Waals surface area contributed by atoms with Crippen LogP contribution in [0.4, 0.5) is 0 Å². The second-order valence-corrected chi connectivity index (χ2v) is 5.72. The third-order valence-electron chi connectivity index (χ3n) is 2.74. The maximum atomic E-state index is 5.86. The summed E-state index contributed by atoms with van der Waals surface area (Å²) in [5.41, 5.74) is 1.12. The van der Waals surface area contributed by atoms with Crippen molar-refractivity contribution in [2.24, 2.45) is 10.9 Å². The van der Waals surface area contributed by atoms with Crippen LogP contribution in [0.25, 0.3) is 0 Å². The molecule has 0 aliphatic rings. The first-order chi connectivity index (χ1) is 9.41. The first kappa shape index (κ1) is 20.0. The summed E-state index contributed by atoms with van der Waals surface area (Å²) < 4.78 is 5.86. The molecule has 21 heavy (non-hydrogen) atoms. The Balaban J connectivity index is 0.00000400. The van der Waals surface area contributed by atoms with Crippen LogP contribution in [0, 0.1) is 5.92 Å². The van der Waals surface area contributed by atoms with Crippen LogP contribution in [0.3, 0.4) is 0 Å². The lowest BCUT2D eigenvalue weighted by Crippen LogP contribution is -2.35. The molecule has 0 radical (unpaired) electrons. The molecule has 0 aliphatic carbocycles. The molecule has 0 fully saturated rings. The van der Waals surface area contributed by atoms with Crippen LogP contribution in [-0.2, 0) is 6.54 Å². The number of benzene rings is 1. The van der Waals surface area contributed by atoms with Crippen LogP contribution < -0.4 is 4.74 Å². The Morgan fingerprint density at radius 2 is 1.67 bits per heavy atom. The first-order valence-corrected chi connectivity index (χ1v) is 7.01. The molecule has 0 saturated carbocycles. The van der Waals surface area contributed by atoms with Crippen molar-refractivity contribution in [1.82, 2.24) is 9.80 Å². The number of hydrogen-bond acceptors (Lipinski definition) is 2. The highest BCUT2D eigenvalue weighted by molar-refractivity contribution is 14.0. The summed E-state index contributed by atoms with van der Waals surface area (Å²) in [5, 5.41) is 0. The summed E-state index contributed by atoms with van der Waals surface area (Å²) in [4.78, 5) is 8.69. The van der Waals surface area contributed by atoms with Crippen molar-refractivity contribution in [2.45, 2.75) is 20.4 Å². The Morgan fingerprint density at radius 3 is 2.19 bits per heavy atom. The molecule has 0 heterocycles. The zero-order valence-electron chi connectivity index (χ0n) is 14.0. The molecule has 0 aliphatic heterocycles. The van der Waals surface area contributed by atoms with E-state index in [1.54, 1.807) is 0 Å². The van der Waals surface area contributed by atoms with E-state index in [1.807, 2.05) is 56.2 Å². The maximum Gasteiger partial charge on any atom is 0.195 e. The molecule has 5 heteroatoms. The molecule has 0 spiro atoms. The standard InChI is InChI=1S/C16H27N3O.HI/c1-13(2)12-20-15-10-8-7-9-14(15)11-17-16(18(3)4)19(5)6;/h7-10,13H,11-12H2,1-6H3;1H. The van der Waals surface area contributed by atoms with Gasteiger partial charge in [0, 0.05) is 33.8 Å². The molecule has 1 aromatic rings. The molecule has 1 rings (SSSR count). The van der Waals surface area contributed by atoms with Crippen molar-refractivity contribution in [2.75, 3.05) is 34.8 Å². The summed E-state index contributed by atoms with van der Waals surface area (Å²) in [6.45, 7) is 5.66. The summed E-state index contributed by atoms with van der Waals surface area (Å²) in [7, 11) is 8.00. The van der Waals surface area contributed by atoms with Crippen LogP contribution in [0.2, 0.25) is 0 Å². The smallest absolute Gasteiger partial charge is 0.195 e. The molecule has 0 bridgehead atoms. The van der Waals surface area contributed by atoms with E-state index in [0.29, 0.717) is 12.5 Å². The number of para-hydroxylation sites is 1. The van der Waals surface area contributed by atoms with E-state index in [1.165, 1.54) is 0 Å². The molecule has 0 unspecified atom stereocenters. The number of hydrogen-bond donors (Lipinski definition) is 0. The van der Waals surface area contributed by atoms with Crippen LogP contribution in [0.5, 0.6) is 5.75 Å². The minimum Gasteiger partial charge on any atom is -0.493 e. The van der Waals surface area contributed by atoms with Crippen molar-refractivity contribution < 1.29 is 4.74 Å². The zero-order chi connectivity index (χ0) is 15.1. The van der Waals surface area contributed by atoms with Gasteiger partial charge < -0.3 is 14.5 Å². The van der Waals surface area contributed by atoms with E-state index in [-0.39, 0.29) is 24.0 Å². The van der Waals surface area contributed by atoms with Crippen molar-refractivity contribution in [3.8, 4) is 5.75 Å². The Hall–Kier alpha value is -0.980. The van der Waals surface area contributed by atoms with Crippen molar-refractivity contribution in [3.63, 3.8) is 0 Å². The van der Waals surface area contributed by atoms with Crippen LogP contribution in [-0.4, -0.2) is 50.6 Å². The highest BCUT2D eigenvalue weighted by Crippen LogP contribution is 2.19. The Bertz CT molecular complexity index is 435. The molecule has 0 aromatic heterocycles. The van der Waals surface area contributed by atoms with Crippen LogP contribution >= 0.6 is 24.0 Å². The van der Waals surface area contributed by atoms with Gasteiger partial charge in [0.05, 0.1) is 13.2 Å². The number of rotatable bonds is 5. The predicted octanol–water partition coefficient (Wildman–Crippen LogP) is 3.32. The normalized spacial score (nSPS) is 9.86. The van der Waals surface area contributed by atoms with E-state index in [2.05, 4.69) is 24.9 Å². The third kappa shape index (κ3) is 7.02. The molecule has 0 saturated heterocycles. The van der Waals surface area contributed by atoms with Gasteiger partial charge >= 0.3 is 0 Å². The van der Waals surface area contributed by atoms with Gasteiger partial charge in [-0.05, 0) is 12.0 Å². The van der Waals surface area contributed by atoms with Crippen LogP contribution in [0.1, 0.15) is 19.4 Å².